The molecule has 0 unspecified atom stereocenters. The number of carbonyl (C=O) groups is 1. The number of aryl methyl sites for hydroxylation is 1. The molecule has 0 amide bonds. The smallest absolute Gasteiger partial charge is 0.161 e. The summed E-state index contributed by atoms with van der Waals surface area (Å²) in [5, 5.41) is 8.53. The summed E-state index contributed by atoms with van der Waals surface area (Å²) in [7, 11) is 0. The summed E-state index contributed by atoms with van der Waals surface area (Å²) in [6.45, 7) is 3.92. The Morgan fingerprint density at radius 1 is 1.40 bits per heavy atom. The first-order valence-electron chi connectivity index (χ1n) is 4.96. The van der Waals surface area contributed by atoms with E-state index in [4.69, 9.17) is 9.84 Å². The summed E-state index contributed by atoms with van der Waals surface area (Å²) in [6.07, 6.45) is 0.254. The van der Waals surface area contributed by atoms with Crippen molar-refractivity contribution in [3.63, 3.8) is 0 Å². The van der Waals surface area contributed by atoms with Gasteiger partial charge in [-0.15, -0.1) is 0 Å². The molecule has 0 aliphatic carbocycles. The van der Waals surface area contributed by atoms with Gasteiger partial charge in [-0.3, -0.25) is 4.79 Å². The molecular formula is C12H16O3. The molecule has 0 spiro atoms. The number of rotatable bonds is 5. The van der Waals surface area contributed by atoms with Gasteiger partial charge in [-0.05, 0) is 31.0 Å². The van der Waals surface area contributed by atoms with Gasteiger partial charge in [0.15, 0.2) is 5.78 Å². The highest BCUT2D eigenvalue weighted by Gasteiger charge is 2.03. The van der Waals surface area contributed by atoms with E-state index in [1.807, 2.05) is 32.0 Å². The maximum Gasteiger partial charge on any atom is 0.161 e. The van der Waals surface area contributed by atoms with Crippen LogP contribution >= 0.6 is 0 Å². The fourth-order valence-electron chi connectivity index (χ4n) is 1.23. The van der Waals surface area contributed by atoms with Gasteiger partial charge in [0.1, 0.15) is 12.4 Å². The number of ether oxygens (including phenoxy) is 1. The second-order valence-corrected chi connectivity index (χ2v) is 3.49. The highest BCUT2D eigenvalue weighted by molar-refractivity contribution is 5.79. The number of carbonyl (C=O) groups excluding carboxylic acids is 1. The third-order valence-electron chi connectivity index (χ3n) is 2.37. The van der Waals surface area contributed by atoms with E-state index in [2.05, 4.69) is 0 Å². The minimum Gasteiger partial charge on any atom is -0.493 e. The molecule has 3 heteroatoms. The molecule has 15 heavy (non-hydrogen) atoms. The average molecular weight is 208 g/mol. The lowest BCUT2D eigenvalue weighted by Crippen LogP contribution is -2.10. The van der Waals surface area contributed by atoms with Crippen LogP contribution in [-0.2, 0) is 4.79 Å². The molecule has 1 N–H and O–H groups in total. The van der Waals surface area contributed by atoms with Crippen molar-refractivity contribution < 1.29 is 14.6 Å². The summed E-state index contributed by atoms with van der Waals surface area (Å²) in [6, 6.07) is 5.82. The zero-order valence-corrected chi connectivity index (χ0v) is 9.12. The largest absolute Gasteiger partial charge is 0.493 e. The van der Waals surface area contributed by atoms with Crippen LogP contribution in [0.4, 0.5) is 0 Å². The molecule has 0 saturated heterocycles. The van der Waals surface area contributed by atoms with Gasteiger partial charge in [0.2, 0.25) is 0 Å². The highest BCUT2D eigenvalue weighted by atomic mass is 16.5. The molecule has 0 aliphatic heterocycles. The quantitative estimate of drug-likeness (QED) is 0.800. The van der Waals surface area contributed by atoms with Crippen molar-refractivity contribution in [3.05, 3.63) is 29.3 Å². The molecule has 0 bridgehead atoms. The molecule has 0 atom stereocenters. The molecule has 0 saturated carbocycles. The van der Waals surface area contributed by atoms with Gasteiger partial charge in [-0.25, -0.2) is 0 Å². The zero-order chi connectivity index (χ0) is 11.3. The molecule has 0 aromatic heterocycles. The zero-order valence-electron chi connectivity index (χ0n) is 9.12. The lowest BCUT2D eigenvalue weighted by molar-refractivity contribution is -0.122. The first-order valence-corrected chi connectivity index (χ1v) is 4.96. The molecule has 3 nitrogen and oxygen atoms in total. The van der Waals surface area contributed by atoms with Crippen LogP contribution < -0.4 is 4.74 Å². The number of hydrogen-bond acceptors (Lipinski definition) is 3. The third kappa shape index (κ3) is 3.36. The van der Waals surface area contributed by atoms with E-state index < -0.39 is 6.61 Å². The van der Waals surface area contributed by atoms with E-state index in [-0.39, 0.29) is 12.2 Å². The molecular weight excluding hydrogens is 192 g/mol. The van der Waals surface area contributed by atoms with E-state index in [0.29, 0.717) is 6.61 Å². The Hall–Kier alpha value is -1.35. The van der Waals surface area contributed by atoms with Gasteiger partial charge < -0.3 is 9.84 Å². The molecule has 1 rings (SSSR count). The molecule has 0 radical (unpaired) electrons. The number of aliphatic hydroxyl groups is 1. The summed E-state index contributed by atoms with van der Waals surface area (Å²) < 4.78 is 5.46. The van der Waals surface area contributed by atoms with Gasteiger partial charge in [-0.2, -0.15) is 0 Å². The summed E-state index contributed by atoms with van der Waals surface area (Å²) >= 11 is 0. The molecule has 1 aromatic rings. The third-order valence-corrected chi connectivity index (χ3v) is 2.37. The predicted octanol–water partition coefficient (Wildman–Crippen LogP) is 1.63. The van der Waals surface area contributed by atoms with Crippen LogP contribution in [0.3, 0.4) is 0 Å². The van der Waals surface area contributed by atoms with Crippen molar-refractivity contribution in [2.24, 2.45) is 0 Å². The molecule has 0 fully saturated rings. The maximum atomic E-state index is 10.8. The lowest BCUT2D eigenvalue weighted by atomic mass is 10.1. The summed E-state index contributed by atoms with van der Waals surface area (Å²) in [5.74, 6) is 0.612. The van der Waals surface area contributed by atoms with Crippen molar-refractivity contribution in [2.75, 3.05) is 13.2 Å². The Balaban J connectivity index is 2.51. The summed E-state index contributed by atoms with van der Waals surface area (Å²) in [4.78, 5) is 10.8. The average Bonchev–Trinajstić information content (AvgIpc) is 2.24. The Bertz CT molecular complexity index is 345. The first-order chi connectivity index (χ1) is 7.15. The second-order valence-electron chi connectivity index (χ2n) is 3.49. The monoisotopic (exact) mass is 208 g/mol. The van der Waals surface area contributed by atoms with Crippen LogP contribution in [0, 0.1) is 13.8 Å². The normalized spacial score (nSPS) is 10.1. The van der Waals surface area contributed by atoms with Crippen molar-refractivity contribution in [1.29, 1.82) is 0 Å². The van der Waals surface area contributed by atoms with Crippen molar-refractivity contribution in [2.45, 2.75) is 20.3 Å². The van der Waals surface area contributed by atoms with Crippen LogP contribution in [0.2, 0.25) is 0 Å². The van der Waals surface area contributed by atoms with Crippen LogP contribution in [0.15, 0.2) is 18.2 Å². The Labute approximate surface area is 89.7 Å². The SMILES string of the molecule is Cc1cccc(OCCC(=O)CO)c1C. The second kappa shape index (κ2) is 5.51. The summed E-state index contributed by atoms with van der Waals surface area (Å²) in [5.41, 5.74) is 2.26. The maximum absolute atomic E-state index is 10.8. The first kappa shape index (κ1) is 11.7. The van der Waals surface area contributed by atoms with Gasteiger partial charge in [0.25, 0.3) is 0 Å². The molecule has 0 aliphatic rings. The minimum atomic E-state index is -0.407. The number of benzene rings is 1. The minimum absolute atomic E-state index is 0.194. The van der Waals surface area contributed by atoms with Crippen LogP contribution in [0.1, 0.15) is 17.5 Å². The van der Waals surface area contributed by atoms with Gasteiger partial charge >= 0.3 is 0 Å². The number of aliphatic hydroxyl groups excluding tert-OH is 1. The van der Waals surface area contributed by atoms with E-state index in [9.17, 15) is 4.79 Å². The van der Waals surface area contributed by atoms with Crippen molar-refractivity contribution in [3.8, 4) is 5.75 Å². The number of hydrogen-bond donors (Lipinski definition) is 1. The van der Waals surface area contributed by atoms with Gasteiger partial charge in [0.05, 0.1) is 6.61 Å². The topological polar surface area (TPSA) is 46.5 Å². The van der Waals surface area contributed by atoms with E-state index in [0.717, 1.165) is 11.3 Å². The van der Waals surface area contributed by atoms with Crippen LogP contribution in [0.5, 0.6) is 5.75 Å². The standard InChI is InChI=1S/C12H16O3/c1-9-4-3-5-12(10(9)2)15-7-6-11(14)8-13/h3-5,13H,6-8H2,1-2H3. The van der Waals surface area contributed by atoms with Gasteiger partial charge in [-0.1, -0.05) is 12.1 Å². The Morgan fingerprint density at radius 3 is 2.80 bits per heavy atom. The number of ketones is 1. The predicted molar refractivity (Wildman–Crippen MR) is 58.1 cm³/mol. The molecule has 82 valence electrons. The molecule has 0 heterocycles. The fourth-order valence-corrected chi connectivity index (χ4v) is 1.23. The Morgan fingerprint density at radius 2 is 2.13 bits per heavy atom. The van der Waals surface area contributed by atoms with E-state index in [1.54, 1.807) is 0 Å². The Kier molecular flexibility index (Phi) is 4.31. The van der Waals surface area contributed by atoms with E-state index in [1.165, 1.54) is 5.56 Å². The molecule has 1 aromatic carbocycles. The fraction of sp³-hybridized carbons (Fsp3) is 0.417. The highest BCUT2D eigenvalue weighted by Crippen LogP contribution is 2.20. The lowest BCUT2D eigenvalue weighted by Gasteiger charge is -2.09. The van der Waals surface area contributed by atoms with E-state index >= 15 is 0 Å². The van der Waals surface area contributed by atoms with Crippen molar-refractivity contribution >= 4 is 5.78 Å². The number of Topliss-reactive ketones (excluding diaryl/α,β-unsaturated/α-hetero) is 1. The van der Waals surface area contributed by atoms with Gasteiger partial charge in [0, 0.05) is 6.42 Å². The van der Waals surface area contributed by atoms with Crippen LogP contribution in [0.25, 0.3) is 0 Å². The van der Waals surface area contributed by atoms with Crippen molar-refractivity contribution in [1.82, 2.24) is 0 Å². The van der Waals surface area contributed by atoms with Crippen LogP contribution in [-0.4, -0.2) is 24.1 Å².